The standard InChI is InChI=1S/C16H23N3S/c1-5-12(2)15-14(11-17-3)20-16(18-15)19(4)13-9-7-6-8-10-13/h6-10,12,17H,5,11H2,1-4H3. The van der Waals surface area contributed by atoms with E-state index in [-0.39, 0.29) is 0 Å². The van der Waals surface area contributed by atoms with Gasteiger partial charge in [-0.25, -0.2) is 4.98 Å². The van der Waals surface area contributed by atoms with Gasteiger partial charge in [0.2, 0.25) is 0 Å². The van der Waals surface area contributed by atoms with Gasteiger partial charge in [-0.3, -0.25) is 0 Å². The number of aromatic nitrogens is 1. The van der Waals surface area contributed by atoms with Gasteiger partial charge in [0.1, 0.15) is 0 Å². The predicted octanol–water partition coefficient (Wildman–Crippen LogP) is 4.14. The van der Waals surface area contributed by atoms with Crippen LogP contribution in [0, 0.1) is 0 Å². The van der Waals surface area contributed by atoms with E-state index in [0.29, 0.717) is 5.92 Å². The lowest BCUT2D eigenvalue weighted by molar-refractivity contribution is 0.693. The van der Waals surface area contributed by atoms with Crippen LogP contribution >= 0.6 is 11.3 Å². The minimum Gasteiger partial charge on any atom is -0.321 e. The second-order valence-electron chi connectivity index (χ2n) is 5.04. The lowest BCUT2D eigenvalue weighted by atomic mass is 10.0. The van der Waals surface area contributed by atoms with Gasteiger partial charge in [0.05, 0.1) is 5.69 Å². The highest BCUT2D eigenvalue weighted by Crippen LogP contribution is 2.34. The number of anilines is 2. The summed E-state index contributed by atoms with van der Waals surface area (Å²) < 4.78 is 0. The number of benzene rings is 1. The first kappa shape index (κ1) is 15.0. The van der Waals surface area contributed by atoms with Crippen molar-refractivity contribution in [2.75, 3.05) is 19.0 Å². The predicted molar refractivity (Wildman–Crippen MR) is 88.1 cm³/mol. The average Bonchev–Trinajstić information content (AvgIpc) is 2.91. The van der Waals surface area contributed by atoms with Gasteiger partial charge in [-0.1, -0.05) is 43.4 Å². The van der Waals surface area contributed by atoms with Crippen molar-refractivity contribution in [2.24, 2.45) is 0 Å². The minimum atomic E-state index is 0.507. The smallest absolute Gasteiger partial charge is 0.190 e. The molecule has 108 valence electrons. The maximum atomic E-state index is 4.88. The van der Waals surface area contributed by atoms with E-state index in [9.17, 15) is 0 Å². The molecule has 3 nitrogen and oxygen atoms in total. The summed E-state index contributed by atoms with van der Waals surface area (Å²) in [6.45, 7) is 5.36. The monoisotopic (exact) mass is 289 g/mol. The van der Waals surface area contributed by atoms with Gasteiger partial charge < -0.3 is 10.2 Å². The van der Waals surface area contributed by atoms with Crippen LogP contribution in [-0.4, -0.2) is 19.1 Å². The van der Waals surface area contributed by atoms with E-state index < -0.39 is 0 Å². The number of rotatable bonds is 6. The molecule has 0 radical (unpaired) electrons. The quantitative estimate of drug-likeness (QED) is 0.866. The average molecular weight is 289 g/mol. The van der Waals surface area contributed by atoms with Gasteiger partial charge in [-0.05, 0) is 31.5 Å². The Hall–Kier alpha value is -1.39. The first-order chi connectivity index (χ1) is 9.67. The molecular weight excluding hydrogens is 266 g/mol. The number of nitrogens with one attached hydrogen (secondary N) is 1. The second-order valence-corrected chi connectivity index (χ2v) is 6.10. The minimum absolute atomic E-state index is 0.507. The van der Waals surface area contributed by atoms with Crippen LogP contribution < -0.4 is 10.2 Å². The Kier molecular flexibility index (Phi) is 5.15. The molecule has 4 heteroatoms. The number of thiazole rings is 1. The first-order valence-electron chi connectivity index (χ1n) is 7.10. The Morgan fingerprint density at radius 2 is 2.00 bits per heavy atom. The van der Waals surface area contributed by atoms with Crippen LogP contribution in [0.5, 0.6) is 0 Å². The van der Waals surface area contributed by atoms with E-state index in [2.05, 4.69) is 55.4 Å². The highest BCUT2D eigenvalue weighted by Gasteiger charge is 2.18. The fourth-order valence-corrected chi connectivity index (χ4v) is 3.30. The van der Waals surface area contributed by atoms with Gasteiger partial charge in [0, 0.05) is 24.2 Å². The molecule has 0 saturated heterocycles. The van der Waals surface area contributed by atoms with Crippen LogP contribution in [0.1, 0.15) is 36.8 Å². The third-order valence-electron chi connectivity index (χ3n) is 3.56. The topological polar surface area (TPSA) is 28.2 Å². The van der Waals surface area contributed by atoms with Gasteiger partial charge >= 0.3 is 0 Å². The van der Waals surface area contributed by atoms with Crippen LogP contribution in [0.2, 0.25) is 0 Å². The van der Waals surface area contributed by atoms with Crippen LogP contribution in [0.4, 0.5) is 10.8 Å². The largest absolute Gasteiger partial charge is 0.321 e. The first-order valence-corrected chi connectivity index (χ1v) is 7.92. The molecule has 20 heavy (non-hydrogen) atoms. The Morgan fingerprint density at radius 1 is 1.30 bits per heavy atom. The highest BCUT2D eigenvalue weighted by atomic mass is 32.1. The number of nitrogens with zero attached hydrogens (tertiary/aromatic N) is 2. The molecule has 2 aromatic rings. The molecule has 0 fully saturated rings. The summed E-state index contributed by atoms with van der Waals surface area (Å²) in [5.41, 5.74) is 2.41. The van der Waals surface area contributed by atoms with Crippen molar-refractivity contribution < 1.29 is 0 Å². The maximum Gasteiger partial charge on any atom is 0.190 e. The summed E-state index contributed by atoms with van der Waals surface area (Å²) in [4.78, 5) is 8.39. The summed E-state index contributed by atoms with van der Waals surface area (Å²) in [6.07, 6.45) is 1.12. The van der Waals surface area contributed by atoms with Crippen molar-refractivity contribution in [1.29, 1.82) is 0 Å². The van der Waals surface area contributed by atoms with E-state index in [1.807, 2.05) is 13.1 Å². The number of hydrogen-bond acceptors (Lipinski definition) is 4. The Morgan fingerprint density at radius 3 is 2.60 bits per heavy atom. The molecule has 0 amide bonds. The van der Waals surface area contributed by atoms with E-state index in [0.717, 1.165) is 18.1 Å². The maximum absolute atomic E-state index is 4.88. The summed E-state index contributed by atoms with van der Waals surface area (Å²) in [5, 5.41) is 4.31. The number of para-hydroxylation sites is 1. The van der Waals surface area contributed by atoms with Crippen molar-refractivity contribution in [3.05, 3.63) is 40.9 Å². The molecule has 2 rings (SSSR count). The summed E-state index contributed by atoms with van der Waals surface area (Å²) in [7, 11) is 4.07. The van der Waals surface area contributed by atoms with Crippen LogP contribution in [0.25, 0.3) is 0 Å². The summed E-state index contributed by atoms with van der Waals surface area (Å²) >= 11 is 1.78. The molecule has 1 heterocycles. The summed E-state index contributed by atoms with van der Waals surface area (Å²) in [5.74, 6) is 0.507. The molecule has 0 aliphatic heterocycles. The normalized spacial score (nSPS) is 12.4. The SMILES string of the molecule is CCC(C)c1nc(N(C)c2ccccc2)sc1CNC. The zero-order valence-electron chi connectivity index (χ0n) is 12.7. The molecule has 0 aliphatic carbocycles. The third-order valence-corrected chi connectivity index (χ3v) is 4.71. The second kappa shape index (κ2) is 6.86. The van der Waals surface area contributed by atoms with E-state index in [1.165, 1.54) is 16.3 Å². The van der Waals surface area contributed by atoms with Crippen molar-refractivity contribution in [3.63, 3.8) is 0 Å². The van der Waals surface area contributed by atoms with Crippen LogP contribution in [-0.2, 0) is 6.54 Å². The Bertz CT molecular complexity index is 536. The molecule has 1 aromatic carbocycles. The summed E-state index contributed by atoms with van der Waals surface area (Å²) in [6, 6.07) is 10.4. The zero-order chi connectivity index (χ0) is 14.5. The van der Waals surface area contributed by atoms with Crippen molar-refractivity contribution in [1.82, 2.24) is 10.3 Å². The Labute approximate surface area is 125 Å². The molecule has 0 aliphatic rings. The third kappa shape index (κ3) is 3.19. The molecule has 0 bridgehead atoms. The van der Waals surface area contributed by atoms with Gasteiger partial charge in [0.15, 0.2) is 5.13 Å². The van der Waals surface area contributed by atoms with Gasteiger partial charge in [0.25, 0.3) is 0 Å². The lowest BCUT2D eigenvalue weighted by Gasteiger charge is -2.15. The van der Waals surface area contributed by atoms with Crippen LogP contribution in [0.15, 0.2) is 30.3 Å². The Balaban J connectivity index is 2.33. The number of hydrogen-bond donors (Lipinski definition) is 1. The molecule has 0 saturated carbocycles. The molecule has 0 spiro atoms. The fourth-order valence-electron chi connectivity index (χ4n) is 2.12. The zero-order valence-corrected chi connectivity index (χ0v) is 13.5. The fraction of sp³-hybridized carbons (Fsp3) is 0.438. The lowest BCUT2D eigenvalue weighted by Crippen LogP contribution is -2.09. The van der Waals surface area contributed by atoms with Crippen LogP contribution in [0.3, 0.4) is 0 Å². The molecule has 1 aromatic heterocycles. The molecule has 1 N–H and O–H groups in total. The van der Waals surface area contributed by atoms with E-state index in [4.69, 9.17) is 4.98 Å². The highest BCUT2D eigenvalue weighted by molar-refractivity contribution is 7.15. The van der Waals surface area contributed by atoms with E-state index >= 15 is 0 Å². The van der Waals surface area contributed by atoms with Crippen molar-refractivity contribution >= 4 is 22.2 Å². The molecule has 1 unspecified atom stereocenters. The molecule has 1 atom stereocenters. The van der Waals surface area contributed by atoms with E-state index in [1.54, 1.807) is 11.3 Å². The van der Waals surface area contributed by atoms with Gasteiger partial charge in [-0.2, -0.15) is 0 Å². The van der Waals surface area contributed by atoms with Gasteiger partial charge in [-0.15, -0.1) is 0 Å². The molecular formula is C16H23N3S. The van der Waals surface area contributed by atoms with Crippen molar-refractivity contribution in [3.8, 4) is 0 Å². The van der Waals surface area contributed by atoms with Crippen molar-refractivity contribution in [2.45, 2.75) is 32.7 Å².